The van der Waals surface area contributed by atoms with Gasteiger partial charge in [0.25, 0.3) is 0 Å². The van der Waals surface area contributed by atoms with Crippen LogP contribution in [-0.4, -0.2) is 12.9 Å². The van der Waals surface area contributed by atoms with E-state index in [-0.39, 0.29) is 0 Å². The van der Waals surface area contributed by atoms with E-state index in [0.29, 0.717) is 18.6 Å². The molecule has 0 aliphatic carbocycles. The fourth-order valence-corrected chi connectivity index (χ4v) is 3.44. The molecule has 2 heteroatoms. The van der Waals surface area contributed by atoms with Crippen LogP contribution >= 0.6 is 0 Å². The lowest BCUT2D eigenvalue weighted by Crippen LogP contribution is -2.04. The summed E-state index contributed by atoms with van der Waals surface area (Å²) in [4.78, 5) is 12.5. The van der Waals surface area contributed by atoms with Gasteiger partial charge in [0.15, 0.2) is 0 Å². The van der Waals surface area contributed by atoms with Gasteiger partial charge in [-0.15, -0.1) is 0 Å². The molecule has 0 bridgehead atoms. The summed E-state index contributed by atoms with van der Waals surface area (Å²) in [6, 6.07) is 20.7. The zero-order valence-corrected chi connectivity index (χ0v) is 15.6. The molecule has 0 amide bonds. The van der Waals surface area contributed by atoms with Crippen molar-refractivity contribution in [2.75, 3.05) is 7.11 Å². The number of methoxy groups -OCH3 is 1. The van der Waals surface area contributed by atoms with E-state index in [1.807, 2.05) is 24.3 Å². The maximum atomic E-state index is 12.5. The Hall–Kier alpha value is -2.61. The van der Waals surface area contributed by atoms with Gasteiger partial charge in [-0.2, -0.15) is 0 Å². The first kappa shape index (κ1) is 18.2. The number of benzene rings is 3. The first-order valence-corrected chi connectivity index (χ1v) is 9.39. The molecule has 0 N–H and O–H groups in total. The number of hydrogen-bond donors (Lipinski definition) is 0. The van der Waals surface area contributed by atoms with Crippen LogP contribution in [-0.2, 0) is 11.2 Å². The standard InChI is InChI=1S/C24H26O2/c1-3-4-6-11-21(25)16-20-13-12-18-14-15-22(26-2)17-23(18)24(20)19-9-7-5-8-10-19/h5,7-10,12-15,17H,3-4,6,11,16H2,1-2H3. The molecule has 3 aromatic rings. The maximum absolute atomic E-state index is 12.5. The molecule has 0 fully saturated rings. The number of Topliss-reactive ketones (excluding diaryl/α,β-unsaturated/α-hetero) is 1. The predicted octanol–water partition coefficient (Wildman–Crippen LogP) is 6.21. The van der Waals surface area contributed by atoms with Crippen molar-refractivity contribution in [3.8, 4) is 16.9 Å². The molecule has 0 heterocycles. The van der Waals surface area contributed by atoms with Crippen molar-refractivity contribution in [1.29, 1.82) is 0 Å². The molecular formula is C24H26O2. The minimum atomic E-state index is 0.317. The highest BCUT2D eigenvalue weighted by Crippen LogP contribution is 2.35. The van der Waals surface area contributed by atoms with Crippen molar-refractivity contribution in [3.63, 3.8) is 0 Å². The average molecular weight is 346 g/mol. The van der Waals surface area contributed by atoms with E-state index in [9.17, 15) is 4.79 Å². The molecule has 26 heavy (non-hydrogen) atoms. The zero-order valence-electron chi connectivity index (χ0n) is 15.6. The van der Waals surface area contributed by atoms with Gasteiger partial charge in [0, 0.05) is 12.8 Å². The Morgan fingerprint density at radius 2 is 1.73 bits per heavy atom. The van der Waals surface area contributed by atoms with E-state index in [1.165, 1.54) is 0 Å². The van der Waals surface area contributed by atoms with Crippen LogP contribution in [0.5, 0.6) is 5.75 Å². The Morgan fingerprint density at radius 3 is 2.46 bits per heavy atom. The minimum Gasteiger partial charge on any atom is -0.497 e. The highest BCUT2D eigenvalue weighted by molar-refractivity contribution is 6.00. The van der Waals surface area contributed by atoms with Crippen molar-refractivity contribution >= 4 is 16.6 Å². The molecule has 0 spiro atoms. The molecular weight excluding hydrogens is 320 g/mol. The van der Waals surface area contributed by atoms with Crippen LogP contribution in [0.1, 0.15) is 38.2 Å². The second-order valence-electron chi connectivity index (χ2n) is 6.73. The van der Waals surface area contributed by atoms with Crippen LogP contribution in [0.4, 0.5) is 0 Å². The Balaban J connectivity index is 2.06. The van der Waals surface area contributed by atoms with E-state index in [1.54, 1.807) is 7.11 Å². The van der Waals surface area contributed by atoms with Gasteiger partial charge >= 0.3 is 0 Å². The Bertz CT molecular complexity index is 881. The van der Waals surface area contributed by atoms with Gasteiger partial charge in [0.2, 0.25) is 0 Å². The molecule has 0 aliphatic rings. The summed E-state index contributed by atoms with van der Waals surface area (Å²) in [5.74, 6) is 1.15. The molecule has 0 aliphatic heterocycles. The van der Waals surface area contributed by atoms with Crippen LogP contribution < -0.4 is 4.74 Å². The number of carbonyl (C=O) groups is 1. The topological polar surface area (TPSA) is 26.3 Å². The van der Waals surface area contributed by atoms with Crippen LogP contribution in [0, 0.1) is 0 Å². The molecule has 134 valence electrons. The minimum absolute atomic E-state index is 0.317. The Morgan fingerprint density at radius 1 is 0.962 bits per heavy atom. The number of fused-ring (bicyclic) bond motifs is 1. The third-order valence-electron chi connectivity index (χ3n) is 4.82. The summed E-state index contributed by atoms with van der Waals surface area (Å²) in [5.41, 5.74) is 3.38. The summed E-state index contributed by atoms with van der Waals surface area (Å²) >= 11 is 0. The second-order valence-corrected chi connectivity index (χ2v) is 6.73. The highest BCUT2D eigenvalue weighted by atomic mass is 16.5. The maximum Gasteiger partial charge on any atom is 0.137 e. The monoisotopic (exact) mass is 346 g/mol. The fourth-order valence-electron chi connectivity index (χ4n) is 3.44. The van der Waals surface area contributed by atoms with Crippen molar-refractivity contribution in [2.24, 2.45) is 0 Å². The molecule has 0 saturated heterocycles. The zero-order chi connectivity index (χ0) is 18.4. The van der Waals surface area contributed by atoms with Crippen molar-refractivity contribution < 1.29 is 9.53 Å². The Kier molecular flexibility index (Phi) is 6.06. The number of carbonyl (C=O) groups excluding carboxylic acids is 1. The van der Waals surface area contributed by atoms with Gasteiger partial charge in [-0.3, -0.25) is 4.79 Å². The van der Waals surface area contributed by atoms with Gasteiger partial charge in [0.05, 0.1) is 7.11 Å². The van der Waals surface area contributed by atoms with Gasteiger partial charge in [-0.1, -0.05) is 68.3 Å². The van der Waals surface area contributed by atoms with Crippen molar-refractivity contribution in [1.82, 2.24) is 0 Å². The first-order chi connectivity index (χ1) is 12.7. The average Bonchev–Trinajstić information content (AvgIpc) is 2.68. The smallest absolute Gasteiger partial charge is 0.137 e. The first-order valence-electron chi connectivity index (χ1n) is 9.39. The van der Waals surface area contributed by atoms with E-state index in [2.05, 4.69) is 43.3 Å². The van der Waals surface area contributed by atoms with Crippen molar-refractivity contribution in [3.05, 3.63) is 66.2 Å². The number of rotatable bonds is 8. The van der Waals surface area contributed by atoms with E-state index >= 15 is 0 Å². The Labute approximate surface area is 155 Å². The van der Waals surface area contributed by atoms with Gasteiger partial charge in [-0.25, -0.2) is 0 Å². The molecule has 3 aromatic carbocycles. The second kappa shape index (κ2) is 8.66. The molecule has 0 atom stereocenters. The van der Waals surface area contributed by atoms with Crippen molar-refractivity contribution in [2.45, 2.75) is 39.0 Å². The lowest BCUT2D eigenvalue weighted by molar-refractivity contribution is -0.118. The largest absolute Gasteiger partial charge is 0.497 e. The van der Waals surface area contributed by atoms with Gasteiger partial charge in [0.1, 0.15) is 11.5 Å². The summed E-state index contributed by atoms with van der Waals surface area (Å²) < 4.78 is 5.43. The van der Waals surface area contributed by atoms with E-state index in [0.717, 1.165) is 52.5 Å². The summed E-state index contributed by atoms with van der Waals surface area (Å²) in [6.07, 6.45) is 4.39. The normalized spacial score (nSPS) is 10.8. The molecule has 0 unspecified atom stereocenters. The summed E-state index contributed by atoms with van der Waals surface area (Å²) in [5, 5.41) is 2.29. The predicted molar refractivity (Wildman–Crippen MR) is 109 cm³/mol. The summed E-state index contributed by atoms with van der Waals surface area (Å²) in [7, 11) is 1.68. The quantitative estimate of drug-likeness (QED) is 0.453. The molecule has 0 aromatic heterocycles. The van der Waals surface area contributed by atoms with E-state index in [4.69, 9.17) is 4.74 Å². The SMILES string of the molecule is CCCCCC(=O)Cc1ccc2ccc(OC)cc2c1-c1ccccc1. The molecule has 0 saturated carbocycles. The van der Waals surface area contributed by atoms with Gasteiger partial charge in [-0.05, 0) is 46.0 Å². The third kappa shape index (κ3) is 4.13. The van der Waals surface area contributed by atoms with Crippen LogP contribution in [0.3, 0.4) is 0 Å². The number of ketones is 1. The molecule has 3 rings (SSSR count). The number of unbranched alkanes of at least 4 members (excludes halogenated alkanes) is 2. The van der Waals surface area contributed by atoms with Crippen LogP contribution in [0.25, 0.3) is 21.9 Å². The third-order valence-corrected chi connectivity index (χ3v) is 4.82. The number of ether oxygens (including phenoxy) is 1. The highest BCUT2D eigenvalue weighted by Gasteiger charge is 2.14. The van der Waals surface area contributed by atoms with Gasteiger partial charge < -0.3 is 4.74 Å². The molecule has 0 radical (unpaired) electrons. The van der Waals surface area contributed by atoms with Crippen LogP contribution in [0.2, 0.25) is 0 Å². The lowest BCUT2D eigenvalue weighted by atomic mass is 9.90. The van der Waals surface area contributed by atoms with Crippen LogP contribution in [0.15, 0.2) is 60.7 Å². The summed E-state index contributed by atoms with van der Waals surface area (Å²) in [6.45, 7) is 2.16. The molecule has 2 nitrogen and oxygen atoms in total. The number of hydrogen-bond acceptors (Lipinski definition) is 2. The van der Waals surface area contributed by atoms with E-state index < -0.39 is 0 Å². The fraction of sp³-hybridized carbons (Fsp3) is 0.292. The lowest BCUT2D eigenvalue weighted by Gasteiger charge is -2.14.